The Morgan fingerprint density at radius 3 is 1.51 bits per heavy atom. The number of aromatic nitrogens is 3. The van der Waals surface area contributed by atoms with Crippen molar-refractivity contribution in [1.29, 1.82) is 5.26 Å². The Balaban J connectivity index is 1.13. The van der Waals surface area contributed by atoms with Crippen molar-refractivity contribution in [2.24, 2.45) is 0 Å². The Bertz CT molecular complexity index is 2640. The molecule has 238 valence electrons. The Hall–Kier alpha value is -7.09. The molecule has 0 N–H and O–H groups in total. The van der Waals surface area contributed by atoms with Gasteiger partial charge in [-0.05, 0) is 70.8 Å². The molecule has 2 aromatic heterocycles. The maximum Gasteiger partial charge on any atom is 0.160 e. The lowest BCUT2D eigenvalue weighted by Crippen LogP contribution is -1.96. The van der Waals surface area contributed by atoms with Gasteiger partial charge in [-0.15, -0.1) is 0 Å². The molecule has 0 fully saturated rings. The van der Waals surface area contributed by atoms with Crippen LogP contribution in [0.2, 0.25) is 0 Å². The van der Waals surface area contributed by atoms with Gasteiger partial charge in [0.2, 0.25) is 0 Å². The number of para-hydroxylation sites is 2. The van der Waals surface area contributed by atoms with Crippen LogP contribution in [0.15, 0.2) is 182 Å². The van der Waals surface area contributed by atoms with Crippen molar-refractivity contribution < 1.29 is 0 Å². The summed E-state index contributed by atoms with van der Waals surface area (Å²) in [6, 6.07) is 64.9. The highest BCUT2D eigenvalue weighted by Gasteiger charge is 2.15. The summed E-state index contributed by atoms with van der Waals surface area (Å²) >= 11 is 0. The average molecular weight is 651 g/mol. The molecule has 0 aliphatic rings. The lowest BCUT2D eigenvalue weighted by molar-refractivity contribution is 1.18. The summed E-state index contributed by atoms with van der Waals surface area (Å²) in [6.45, 7) is 0. The van der Waals surface area contributed by atoms with Crippen LogP contribution in [0, 0.1) is 11.3 Å². The van der Waals surface area contributed by atoms with Crippen LogP contribution in [0.4, 0.5) is 0 Å². The molecule has 0 radical (unpaired) electrons. The number of nitriles is 1. The van der Waals surface area contributed by atoms with Gasteiger partial charge in [0.1, 0.15) is 0 Å². The van der Waals surface area contributed by atoms with E-state index in [1.807, 2.05) is 60.7 Å². The topological polar surface area (TPSA) is 54.5 Å². The van der Waals surface area contributed by atoms with E-state index in [2.05, 4.69) is 132 Å². The number of benzene rings is 7. The number of hydrogen-bond donors (Lipinski definition) is 0. The third-order valence-corrected chi connectivity index (χ3v) is 9.40. The van der Waals surface area contributed by atoms with Crippen LogP contribution in [-0.2, 0) is 0 Å². The second kappa shape index (κ2) is 12.7. The summed E-state index contributed by atoms with van der Waals surface area (Å²) in [4.78, 5) is 10.0. The van der Waals surface area contributed by atoms with Gasteiger partial charge in [0, 0.05) is 33.2 Å². The average Bonchev–Trinajstić information content (AvgIpc) is 3.56. The zero-order valence-electron chi connectivity index (χ0n) is 27.6. The Morgan fingerprint density at radius 2 is 0.882 bits per heavy atom. The zero-order valence-corrected chi connectivity index (χ0v) is 27.6. The van der Waals surface area contributed by atoms with Crippen molar-refractivity contribution in [3.05, 3.63) is 188 Å². The Morgan fingerprint density at radius 1 is 0.392 bits per heavy atom. The Kier molecular flexibility index (Phi) is 7.50. The number of fused-ring (bicyclic) bond motifs is 3. The fourth-order valence-electron chi connectivity index (χ4n) is 6.98. The molecule has 0 amide bonds. The molecule has 9 rings (SSSR count). The van der Waals surface area contributed by atoms with E-state index in [0.29, 0.717) is 11.4 Å². The summed E-state index contributed by atoms with van der Waals surface area (Å²) in [5.74, 6) is 0.691. The minimum Gasteiger partial charge on any atom is -0.309 e. The highest BCUT2D eigenvalue weighted by atomic mass is 15.0. The molecule has 9 aromatic rings. The van der Waals surface area contributed by atoms with Crippen LogP contribution in [0.3, 0.4) is 0 Å². The van der Waals surface area contributed by atoms with Crippen molar-refractivity contribution in [3.8, 4) is 67.9 Å². The zero-order chi connectivity index (χ0) is 34.1. The standard InChI is InChI=1S/C47H30N4/c48-31-32-25-39(29-40(26-32)51-45-23-9-7-21-41(45)42-22-8-10-24-46(42)51)37-19-11-17-35(27-37)36-18-12-20-38(28-36)44-30-43(33-13-3-1-4-14-33)49-47(50-44)34-15-5-2-6-16-34/h1-30H. The number of rotatable bonds is 6. The first-order chi connectivity index (χ1) is 25.2. The minimum atomic E-state index is 0.615. The van der Waals surface area contributed by atoms with E-state index in [1.54, 1.807) is 0 Å². The highest BCUT2D eigenvalue weighted by molar-refractivity contribution is 6.09. The third kappa shape index (κ3) is 5.63. The van der Waals surface area contributed by atoms with E-state index < -0.39 is 0 Å². The molecule has 4 nitrogen and oxygen atoms in total. The molecular formula is C47H30N4. The molecule has 0 saturated heterocycles. The minimum absolute atomic E-state index is 0.615. The van der Waals surface area contributed by atoms with E-state index in [9.17, 15) is 5.26 Å². The smallest absolute Gasteiger partial charge is 0.160 e. The second-order valence-electron chi connectivity index (χ2n) is 12.6. The molecule has 0 spiro atoms. The maximum absolute atomic E-state index is 10.1. The van der Waals surface area contributed by atoms with Gasteiger partial charge in [-0.2, -0.15) is 5.26 Å². The molecule has 51 heavy (non-hydrogen) atoms. The monoisotopic (exact) mass is 650 g/mol. The Labute approximate surface area is 296 Å². The van der Waals surface area contributed by atoms with Crippen molar-refractivity contribution in [1.82, 2.24) is 14.5 Å². The summed E-state index contributed by atoms with van der Waals surface area (Å²) < 4.78 is 2.26. The molecular weight excluding hydrogens is 621 g/mol. The van der Waals surface area contributed by atoms with Gasteiger partial charge in [-0.25, -0.2) is 9.97 Å². The summed E-state index contributed by atoms with van der Waals surface area (Å²) in [5, 5.41) is 12.5. The van der Waals surface area contributed by atoms with Crippen LogP contribution in [-0.4, -0.2) is 14.5 Å². The number of nitrogens with zero attached hydrogens (tertiary/aromatic N) is 4. The lowest BCUT2D eigenvalue weighted by atomic mass is 9.96. The summed E-state index contributed by atoms with van der Waals surface area (Å²) in [6.07, 6.45) is 0. The van der Waals surface area contributed by atoms with Crippen LogP contribution >= 0.6 is 0 Å². The van der Waals surface area contributed by atoms with E-state index in [4.69, 9.17) is 9.97 Å². The lowest BCUT2D eigenvalue weighted by Gasteiger charge is -2.13. The van der Waals surface area contributed by atoms with Crippen LogP contribution in [0.5, 0.6) is 0 Å². The van der Waals surface area contributed by atoms with Crippen molar-refractivity contribution in [3.63, 3.8) is 0 Å². The first-order valence-electron chi connectivity index (χ1n) is 17.0. The largest absolute Gasteiger partial charge is 0.309 e. The second-order valence-corrected chi connectivity index (χ2v) is 12.6. The van der Waals surface area contributed by atoms with Gasteiger partial charge < -0.3 is 4.57 Å². The van der Waals surface area contributed by atoms with Crippen LogP contribution in [0.1, 0.15) is 5.56 Å². The number of hydrogen-bond acceptors (Lipinski definition) is 3. The normalized spacial score (nSPS) is 11.1. The summed E-state index contributed by atoms with van der Waals surface area (Å²) in [5.41, 5.74) is 12.7. The van der Waals surface area contributed by atoms with E-state index in [-0.39, 0.29) is 0 Å². The van der Waals surface area contributed by atoms with Crippen LogP contribution in [0.25, 0.3) is 83.6 Å². The molecule has 2 heterocycles. The van der Waals surface area contributed by atoms with Gasteiger partial charge in [0.15, 0.2) is 5.82 Å². The fourth-order valence-corrected chi connectivity index (χ4v) is 6.98. The molecule has 7 aromatic carbocycles. The fraction of sp³-hybridized carbons (Fsp3) is 0. The molecule has 4 heteroatoms. The van der Waals surface area contributed by atoms with E-state index in [1.165, 1.54) is 10.8 Å². The molecule has 0 unspecified atom stereocenters. The molecule has 0 saturated carbocycles. The molecule has 0 atom stereocenters. The predicted molar refractivity (Wildman–Crippen MR) is 208 cm³/mol. The van der Waals surface area contributed by atoms with Crippen molar-refractivity contribution in [2.75, 3.05) is 0 Å². The van der Waals surface area contributed by atoms with Gasteiger partial charge >= 0.3 is 0 Å². The molecule has 0 aliphatic heterocycles. The predicted octanol–water partition coefficient (Wildman–Crippen LogP) is 11.8. The SMILES string of the molecule is N#Cc1cc(-c2cccc(-c3cccc(-c4cc(-c5ccccc5)nc(-c5ccccc5)n4)c3)c2)cc(-n2c3ccccc3c3ccccc32)c1. The van der Waals surface area contributed by atoms with Gasteiger partial charge in [0.25, 0.3) is 0 Å². The maximum atomic E-state index is 10.1. The van der Waals surface area contributed by atoms with Crippen molar-refractivity contribution in [2.45, 2.75) is 0 Å². The van der Waals surface area contributed by atoms with Gasteiger partial charge in [0.05, 0.1) is 34.1 Å². The van der Waals surface area contributed by atoms with E-state index in [0.717, 1.165) is 67.1 Å². The quantitative estimate of drug-likeness (QED) is 0.180. The first-order valence-corrected chi connectivity index (χ1v) is 17.0. The third-order valence-electron chi connectivity index (χ3n) is 9.40. The first kappa shape index (κ1) is 30.0. The van der Waals surface area contributed by atoms with Gasteiger partial charge in [-0.3, -0.25) is 0 Å². The highest BCUT2D eigenvalue weighted by Crippen LogP contribution is 2.36. The van der Waals surface area contributed by atoms with E-state index >= 15 is 0 Å². The summed E-state index contributed by atoms with van der Waals surface area (Å²) in [7, 11) is 0. The molecule has 0 aliphatic carbocycles. The van der Waals surface area contributed by atoms with Gasteiger partial charge in [-0.1, -0.05) is 133 Å². The van der Waals surface area contributed by atoms with Crippen molar-refractivity contribution >= 4 is 21.8 Å². The molecule has 0 bridgehead atoms. The van der Waals surface area contributed by atoms with Crippen LogP contribution < -0.4 is 0 Å².